The molecule has 0 unspecified atom stereocenters. The summed E-state index contributed by atoms with van der Waals surface area (Å²) in [6, 6.07) is 11.0. The van der Waals surface area contributed by atoms with Gasteiger partial charge in [-0.25, -0.2) is 8.42 Å². The highest BCUT2D eigenvalue weighted by Gasteiger charge is 2.24. The monoisotopic (exact) mass is 433 g/mol. The largest absolute Gasteiger partial charge is 0.339 e. The molecule has 0 bridgehead atoms. The molecule has 29 heavy (non-hydrogen) atoms. The van der Waals surface area contributed by atoms with Crippen molar-refractivity contribution in [1.82, 2.24) is 4.90 Å². The quantitative estimate of drug-likeness (QED) is 0.681. The van der Waals surface area contributed by atoms with Crippen LogP contribution in [0.5, 0.6) is 0 Å². The molecule has 0 spiro atoms. The van der Waals surface area contributed by atoms with Crippen LogP contribution in [0, 0.1) is 0 Å². The highest BCUT2D eigenvalue weighted by molar-refractivity contribution is 7.98. The number of nitrogens with zero attached hydrogens (tertiary/aromatic N) is 1. The first-order valence-electron chi connectivity index (χ1n) is 9.18. The summed E-state index contributed by atoms with van der Waals surface area (Å²) in [5.74, 6) is -0.342. The molecule has 1 heterocycles. The fraction of sp³-hybridized carbons (Fsp3) is 0.300. The van der Waals surface area contributed by atoms with Crippen LogP contribution < -0.4 is 10.0 Å². The van der Waals surface area contributed by atoms with Crippen LogP contribution in [-0.2, 0) is 14.8 Å². The van der Waals surface area contributed by atoms with Crippen LogP contribution in [0.2, 0.25) is 0 Å². The van der Waals surface area contributed by atoms with Crippen molar-refractivity contribution >= 4 is 45.0 Å². The first-order valence-corrected chi connectivity index (χ1v) is 11.9. The van der Waals surface area contributed by atoms with Crippen LogP contribution in [0.1, 0.15) is 30.1 Å². The van der Waals surface area contributed by atoms with Gasteiger partial charge in [0.25, 0.3) is 15.9 Å². The van der Waals surface area contributed by atoms with Gasteiger partial charge in [0, 0.05) is 36.3 Å². The van der Waals surface area contributed by atoms with Gasteiger partial charge in [0.05, 0.1) is 10.5 Å². The first-order chi connectivity index (χ1) is 13.8. The number of anilines is 2. The van der Waals surface area contributed by atoms with Gasteiger partial charge in [-0.3, -0.25) is 14.3 Å². The molecule has 0 radical (unpaired) electrons. The Balaban J connectivity index is 1.85. The predicted molar refractivity (Wildman–Crippen MR) is 115 cm³/mol. The average molecular weight is 434 g/mol. The maximum Gasteiger partial charge on any atom is 0.261 e. The molecule has 0 atom stereocenters. The summed E-state index contributed by atoms with van der Waals surface area (Å²) in [5, 5.41) is 2.63. The van der Waals surface area contributed by atoms with Crippen molar-refractivity contribution in [2.45, 2.75) is 29.6 Å². The second kappa shape index (κ2) is 8.87. The number of nitrogens with one attached hydrogen (secondary N) is 2. The van der Waals surface area contributed by atoms with Gasteiger partial charge in [0.1, 0.15) is 0 Å². The third-order valence-corrected chi connectivity index (χ3v) is 6.74. The molecule has 1 saturated heterocycles. The maximum atomic E-state index is 12.9. The van der Waals surface area contributed by atoms with Crippen LogP contribution in [0.3, 0.4) is 0 Å². The van der Waals surface area contributed by atoms with E-state index < -0.39 is 10.0 Å². The van der Waals surface area contributed by atoms with Crippen LogP contribution in [-0.4, -0.2) is 44.5 Å². The zero-order valence-corrected chi connectivity index (χ0v) is 17.9. The average Bonchev–Trinajstić information content (AvgIpc) is 3.22. The van der Waals surface area contributed by atoms with Gasteiger partial charge in [0.2, 0.25) is 5.91 Å². The lowest BCUT2D eigenvalue weighted by molar-refractivity contribution is -0.114. The van der Waals surface area contributed by atoms with Crippen LogP contribution in [0.15, 0.2) is 52.3 Å². The molecule has 3 rings (SSSR count). The Kier molecular flexibility index (Phi) is 6.49. The van der Waals surface area contributed by atoms with Crippen molar-refractivity contribution in [3.05, 3.63) is 48.0 Å². The predicted octanol–water partition coefficient (Wildman–Crippen LogP) is 3.40. The number of benzene rings is 2. The zero-order chi connectivity index (χ0) is 21.0. The van der Waals surface area contributed by atoms with E-state index in [-0.39, 0.29) is 16.7 Å². The summed E-state index contributed by atoms with van der Waals surface area (Å²) in [5.41, 5.74) is 1.34. The molecular formula is C20H23N3O4S2. The molecule has 0 aliphatic carbocycles. The molecular weight excluding hydrogens is 410 g/mol. The number of hydrogen-bond acceptors (Lipinski definition) is 5. The Hall–Kier alpha value is -2.52. The van der Waals surface area contributed by atoms with Crippen molar-refractivity contribution in [2.75, 3.05) is 29.4 Å². The minimum atomic E-state index is -3.87. The van der Waals surface area contributed by atoms with E-state index in [4.69, 9.17) is 0 Å². The standard InChI is InChI=1S/C20H23N3O4S2/c1-14(24)21-15-5-7-16(8-6-15)22-29(26,27)17-9-10-19(28-2)18(13-17)20(25)23-11-3-4-12-23/h5-10,13,22H,3-4,11-12H2,1-2H3,(H,21,24). The second-order valence-corrected chi connectivity index (χ2v) is 9.26. The number of carbonyl (C=O) groups excluding carboxylic acids is 2. The van der Waals surface area contributed by atoms with Crippen LogP contribution in [0.4, 0.5) is 11.4 Å². The molecule has 2 N–H and O–H groups in total. The Bertz CT molecular complexity index is 1010. The smallest absolute Gasteiger partial charge is 0.261 e. The van der Waals surface area contributed by atoms with E-state index in [9.17, 15) is 18.0 Å². The molecule has 1 fully saturated rings. The summed E-state index contributed by atoms with van der Waals surface area (Å²) in [4.78, 5) is 26.5. The van der Waals surface area contributed by atoms with Gasteiger partial charge < -0.3 is 10.2 Å². The maximum absolute atomic E-state index is 12.9. The van der Waals surface area contributed by atoms with Crippen molar-refractivity contribution in [2.24, 2.45) is 0 Å². The third-order valence-electron chi connectivity index (χ3n) is 4.56. The van der Waals surface area contributed by atoms with Crippen LogP contribution in [0.25, 0.3) is 0 Å². The number of sulfonamides is 1. The lowest BCUT2D eigenvalue weighted by Gasteiger charge is -2.18. The van der Waals surface area contributed by atoms with Crippen molar-refractivity contribution in [1.29, 1.82) is 0 Å². The van der Waals surface area contributed by atoms with E-state index in [0.717, 1.165) is 17.7 Å². The molecule has 0 saturated carbocycles. The minimum absolute atomic E-state index is 0.0313. The van der Waals surface area contributed by atoms with Gasteiger partial charge in [-0.2, -0.15) is 0 Å². The first kappa shape index (κ1) is 21.2. The molecule has 2 aromatic carbocycles. The van der Waals surface area contributed by atoms with E-state index >= 15 is 0 Å². The van der Waals surface area contributed by atoms with E-state index in [1.165, 1.54) is 30.8 Å². The Morgan fingerprint density at radius 1 is 1.00 bits per heavy atom. The topological polar surface area (TPSA) is 95.6 Å². The molecule has 154 valence electrons. The summed E-state index contributed by atoms with van der Waals surface area (Å²) in [6.07, 6.45) is 3.79. The summed E-state index contributed by atoms with van der Waals surface area (Å²) in [7, 11) is -3.87. The summed E-state index contributed by atoms with van der Waals surface area (Å²) in [6.45, 7) is 2.79. The molecule has 9 heteroatoms. The molecule has 0 aromatic heterocycles. The van der Waals surface area contributed by atoms with Gasteiger partial charge in [-0.15, -0.1) is 11.8 Å². The molecule has 1 aliphatic heterocycles. The number of rotatable bonds is 6. The SMILES string of the molecule is CSc1ccc(S(=O)(=O)Nc2ccc(NC(C)=O)cc2)cc1C(=O)N1CCCC1. The van der Waals surface area contributed by atoms with E-state index in [0.29, 0.717) is 30.0 Å². The summed E-state index contributed by atoms with van der Waals surface area (Å²) < 4.78 is 28.2. The van der Waals surface area contributed by atoms with Gasteiger partial charge >= 0.3 is 0 Å². The fourth-order valence-corrected chi connectivity index (χ4v) is 4.81. The highest BCUT2D eigenvalue weighted by atomic mass is 32.2. The molecule has 2 aromatic rings. The van der Waals surface area contributed by atoms with Gasteiger partial charge in [-0.05, 0) is 61.6 Å². The van der Waals surface area contributed by atoms with E-state index in [2.05, 4.69) is 10.0 Å². The lowest BCUT2D eigenvalue weighted by atomic mass is 10.2. The normalized spacial score (nSPS) is 13.9. The Labute approximate surface area is 174 Å². The van der Waals surface area contributed by atoms with E-state index in [1.54, 1.807) is 35.2 Å². The molecule has 2 amide bonds. The number of likely N-dealkylation sites (tertiary alicyclic amines) is 1. The highest BCUT2D eigenvalue weighted by Crippen LogP contribution is 2.27. The molecule has 1 aliphatic rings. The number of amides is 2. The Morgan fingerprint density at radius 3 is 2.21 bits per heavy atom. The Morgan fingerprint density at radius 2 is 1.62 bits per heavy atom. The van der Waals surface area contributed by atoms with Crippen LogP contribution >= 0.6 is 11.8 Å². The minimum Gasteiger partial charge on any atom is -0.339 e. The summed E-state index contributed by atoms with van der Waals surface area (Å²) >= 11 is 1.42. The van der Waals surface area contributed by atoms with Crippen molar-refractivity contribution in [3.63, 3.8) is 0 Å². The second-order valence-electron chi connectivity index (χ2n) is 6.73. The van der Waals surface area contributed by atoms with Gasteiger partial charge in [-0.1, -0.05) is 0 Å². The van der Waals surface area contributed by atoms with Gasteiger partial charge in [0.15, 0.2) is 0 Å². The number of hydrogen-bond donors (Lipinski definition) is 2. The van der Waals surface area contributed by atoms with E-state index in [1.807, 2.05) is 6.26 Å². The zero-order valence-electron chi connectivity index (χ0n) is 16.3. The molecule has 7 nitrogen and oxygen atoms in total. The van der Waals surface area contributed by atoms with Crippen molar-refractivity contribution in [3.8, 4) is 0 Å². The lowest BCUT2D eigenvalue weighted by Crippen LogP contribution is -2.28. The number of carbonyl (C=O) groups is 2. The fourth-order valence-electron chi connectivity index (χ4n) is 3.15. The number of thioether (sulfide) groups is 1. The van der Waals surface area contributed by atoms with Crippen molar-refractivity contribution < 1.29 is 18.0 Å². The third kappa shape index (κ3) is 5.10.